The summed E-state index contributed by atoms with van der Waals surface area (Å²) < 4.78 is 0. The van der Waals surface area contributed by atoms with E-state index in [1.54, 1.807) is 13.0 Å². The van der Waals surface area contributed by atoms with Crippen LogP contribution in [0.4, 0.5) is 11.4 Å². The summed E-state index contributed by atoms with van der Waals surface area (Å²) in [6.45, 7) is 1.73. The third kappa shape index (κ3) is 3.22. The van der Waals surface area contributed by atoms with Crippen LogP contribution in [-0.4, -0.2) is 10.8 Å². The van der Waals surface area contributed by atoms with E-state index < -0.39 is 4.92 Å². The minimum absolute atomic E-state index is 0.000896. The molecule has 1 aromatic carbocycles. The van der Waals surface area contributed by atoms with Crippen molar-refractivity contribution in [2.24, 2.45) is 0 Å². The van der Waals surface area contributed by atoms with Crippen molar-refractivity contribution < 1.29 is 9.72 Å². The van der Waals surface area contributed by atoms with Crippen LogP contribution in [0.25, 0.3) is 0 Å². The second-order valence-electron chi connectivity index (χ2n) is 2.79. The summed E-state index contributed by atoms with van der Waals surface area (Å²) in [6.07, 6.45) is 2.99. The van der Waals surface area contributed by atoms with Crippen molar-refractivity contribution in [3.05, 3.63) is 46.5 Å². The van der Waals surface area contributed by atoms with Gasteiger partial charge in [0.15, 0.2) is 0 Å². The largest absolute Gasteiger partial charge is 0.323 e. The van der Waals surface area contributed by atoms with E-state index in [2.05, 4.69) is 5.32 Å². The Balaban J connectivity index is 2.72. The average molecular weight is 206 g/mol. The molecular weight excluding hydrogens is 196 g/mol. The van der Waals surface area contributed by atoms with Crippen LogP contribution in [0.15, 0.2) is 36.4 Å². The molecule has 0 spiro atoms. The number of benzene rings is 1. The lowest BCUT2D eigenvalue weighted by Crippen LogP contribution is -2.07. The van der Waals surface area contributed by atoms with E-state index in [4.69, 9.17) is 0 Å². The minimum Gasteiger partial charge on any atom is -0.323 e. The Labute approximate surface area is 86.6 Å². The highest BCUT2D eigenvalue weighted by Gasteiger charge is 2.04. The highest BCUT2D eigenvalue weighted by Crippen LogP contribution is 2.15. The van der Waals surface area contributed by atoms with Crippen LogP contribution in [-0.2, 0) is 4.79 Å². The molecule has 0 heterocycles. The number of nitrogens with one attached hydrogen (secondary N) is 1. The van der Waals surface area contributed by atoms with Crippen LogP contribution in [0.3, 0.4) is 0 Å². The number of rotatable bonds is 3. The van der Waals surface area contributed by atoms with Crippen molar-refractivity contribution in [2.75, 3.05) is 5.32 Å². The molecule has 0 aliphatic heterocycles. The van der Waals surface area contributed by atoms with Crippen molar-refractivity contribution in [3.63, 3.8) is 0 Å². The van der Waals surface area contributed by atoms with E-state index in [-0.39, 0.29) is 11.6 Å². The number of hydrogen-bond acceptors (Lipinski definition) is 3. The van der Waals surface area contributed by atoms with E-state index in [0.717, 1.165) is 0 Å². The fourth-order valence-corrected chi connectivity index (χ4v) is 1.00. The van der Waals surface area contributed by atoms with Crippen LogP contribution in [0, 0.1) is 10.1 Å². The molecule has 5 heteroatoms. The summed E-state index contributed by atoms with van der Waals surface area (Å²) in [5.41, 5.74) is 0.530. The van der Waals surface area contributed by atoms with Crippen molar-refractivity contribution >= 4 is 17.3 Å². The van der Waals surface area contributed by atoms with Gasteiger partial charge in [-0.3, -0.25) is 14.9 Å². The molecule has 0 radical (unpaired) electrons. The van der Waals surface area contributed by atoms with Gasteiger partial charge in [-0.25, -0.2) is 0 Å². The molecule has 0 saturated heterocycles. The number of amides is 1. The van der Waals surface area contributed by atoms with Gasteiger partial charge >= 0.3 is 0 Å². The number of allylic oxidation sites excluding steroid dienone is 1. The Morgan fingerprint density at radius 3 is 2.47 bits per heavy atom. The lowest BCUT2D eigenvalue weighted by Gasteiger charge is -2.00. The van der Waals surface area contributed by atoms with E-state index in [0.29, 0.717) is 5.69 Å². The monoisotopic (exact) mass is 206 g/mol. The predicted molar refractivity (Wildman–Crippen MR) is 56.5 cm³/mol. The molecule has 1 rings (SSSR count). The molecule has 0 aliphatic carbocycles. The van der Waals surface area contributed by atoms with E-state index in [1.807, 2.05) is 0 Å². The Hall–Kier alpha value is -2.17. The fourth-order valence-electron chi connectivity index (χ4n) is 1.00. The standard InChI is InChI=1S/C10H10N2O3/c1-2-3-10(13)11-8-4-6-9(7-5-8)12(14)15/h2-7H,1H3,(H,11,13). The molecule has 15 heavy (non-hydrogen) atoms. The Kier molecular flexibility index (Phi) is 3.56. The van der Waals surface area contributed by atoms with Gasteiger partial charge in [0.1, 0.15) is 0 Å². The summed E-state index contributed by atoms with van der Waals surface area (Å²) in [7, 11) is 0. The van der Waals surface area contributed by atoms with Crippen molar-refractivity contribution in [2.45, 2.75) is 6.92 Å². The zero-order chi connectivity index (χ0) is 11.3. The lowest BCUT2D eigenvalue weighted by molar-refractivity contribution is -0.384. The average Bonchev–Trinajstić information content (AvgIpc) is 2.18. The number of hydrogen-bond donors (Lipinski definition) is 1. The van der Waals surface area contributed by atoms with Gasteiger partial charge in [0, 0.05) is 17.8 Å². The van der Waals surface area contributed by atoms with E-state index in [1.165, 1.54) is 30.3 Å². The third-order valence-electron chi connectivity index (χ3n) is 1.66. The first-order valence-electron chi connectivity index (χ1n) is 4.31. The summed E-state index contributed by atoms with van der Waals surface area (Å²) >= 11 is 0. The Bertz CT molecular complexity index is 396. The van der Waals surface area contributed by atoms with Gasteiger partial charge < -0.3 is 5.32 Å². The van der Waals surface area contributed by atoms with Gasteiger partial charge in [0.05, 0.1) is 4.92 Å². The number of carbonyl (C=O) groups is 1. The second kappa shape index (κ2) is 4.90. The van der Waals surface area contributed by atoms with Crippen LogP contribution in [0.2, 0.25) is 0 Å². The van der Waals surface area contributed by atoms with Crippen molar-refractivity contribution in [3.8, 4) is 0 Å². The van der Waals surface area contributed by atoms with E-state index in [9.17, 15) is 14.9 Å². The van der Waals surface area contributed by atoms with Gasteiger partial charge in [-0.1, -0.05) is 6.08 Å². The zero-order valence-electron chi connectivity index (χ0n) is 8.14. The van der Waals surface area contributed by atoms with Gasteiger partial charge in [-0.2, -0.15) is 0 Å². The van der Waals surface area contributed by atoms with Crippen molar-refractivity contribution in [1.29, 1.82) is 0 Å². The fraction of sp³-hybridized carbons (Fsp3) is 0.100. The number of nitro benzene ring substituents is 1. The minimum atomic E-state index is -0.489. The lowest BCUT2D eigenvalue weighted by atomic mass is 10.3. The summed E-state index contributed by atoms with van der Waals surface area (Å²) in [6, 6.07) is 5.65. The quantitative estimate of drug-likeness (QED) is 0.467. The van der Waals surface area contributed by atoms with Gasteiger partial charge in [0.25, 0.3) is 5.69 Å². The molecule has 1 amide bonds. The van der Waals surface area contributed by atoms with Gasteiger partial charge in [-0.05, 0) is 25.1 Å². The third-order valence-corrected chi connectivity index (χ3v) is 1.66. The number of non-ortho nitro benzene ring substituents is 1. The number of nitro groups is 1. The van der Waals surface area contributed by atoms with E-state index >= 15 is 0 Å². The molecule has 0 bridgehead atoms. The predicted octanol–water partition coefficient (Wildman–Crippen LogP) is 2.11. The molecular formula is C10H10N2O3. The summed E-state index contributed by atoms with van der Waals surface area (Å²) in [5, 5.41) is 12.9. The topological polar surface area (TPSA) is 72.2 Å². The zero-order valence-corrected chi connectivity index (χ0v) is 8.14. The van der Waals surface area contributed by atoms with Crippen LogP contribution in [0.5, 0.6) is 0 Å². The Morgan fingerprint density at radius 2 is 2.00 bits per heavy atom. The first-order chi connectivity index (χ1) is 7.13. The first-order valence-corrected chi connectivity index (χ1v) is 4.31. The maximum atomic E-state index is 11.1. The highest BCUT2D eigenvalue weighted by molar-refractivity contribution is 5.99. The number of nitrogens with zero attached hydrogens (tertiary/aromatic N) is 1. The molecule has 0 aromatic heterocycles. The molecule has 0 saturated carbocycles. The molecule has 0 fully saturated rings. The SMILES string of the molecule is CC=CC(=O)Nc1ccc([N+](=O)[O-])cc1. The van der Waals surface area contributed by atoms with Gasteiger partial charge in [0.2, 0.25) is 5.91 Å². The molecule has 1 N–H and O–H groups in total. The maximum Gasteiger partial charge on any atom is 0.269 e. The molecule has 0 aliphatic rings. The smallest absolute Gasteiger partial charge is 0.269 e. The normalized spacial score (nSPS) is 10.2. The molecule has 0 atom stereocenters. The molecule has 5 nitrogen and oxygen atoms in total. The second-order valence-corrected chi connectivity index (χ2v) is 2.79. The van der Waals surface area contributed by atoms with Crippen LogP contribution < -0.4 is 5.32 Å². The maximum absolute atomic E-state index is 11.1. The molecule has 78 valence electrons. The van der Waals surface area contributed by atoms with Crippen LogP contribution in [0.1, 0.15) is 6.92 Å². The Morgan fingerprint density at radius 1 is 1.40 bits per heavy atom. The first kappa shape index (κ1) is 10.9. The summed E-state index contributed by atoms with van der Waals surface area (Å²) in [5.74, 6) is -0.258. The van der Waals surface area contributed by atoms with Gasteiger partial charge in [-0.15, -0.1) is 0 Å². The van der Waals surface area contributed by atoms with Crippen molar-refractivity contribution in [1.82, 2.24) is 0 Å². The summed E-state index contributed by atoms with van der Waals surface area (Å²) in [4.78, 5) is 21.0. The number of anilines is 1. The molecule has 1 aromatic rings. The molecule has 0 unspecified atom stereocenters. The number of carbonyl (C=O) groups excluding carboxylic acids is 1. The highest BCUT2D eigenvalue weighted by atomic mass is 16.6. The van der Waals surface area contributed by atoms with Crippen LogP contribution >= 0.6 is 0 Å².